The van der Waals surface area contributed by atoms with Crippen LogP contribution in [0.2, 0.25) is 0 Å². The summed E-state index contributed by atoms with van der Waals surface area (Å²) in [7, 11) is -3.23. The van der Waals surface area contributed by atoms with Crippen LogP contribution in [0.15, 0.2) is 23.1 Å². The van der Waals surface area contributed by atoms with Crippen molar-refractivity contribution in [3.05, 3.63) is 23.8 Å². The van der Waals surface area contributed by atoms with Gasteiger partial charge in [0.05, 0.1) is 16.3 Å². The highest BCUT2D eigenvalue weighted by Gasteiger charge is 2.17. The molecule has 0 heterocycles. The van der Waals surface area contributed by atoms with Crippen molar-refractivity contribution in [2.45, 2.75) is 50.8 Å². The maximum absolute atomic E-state index is 12.2. The van der Waals surface area contributed by atoms with Crippen LogP contribution in [0, 0.1) is 6.92 Å². The van der Waals surface area contributed by atoms with Crippen LogP contribution < -0.4 is 5.73 Å². The second-order valence-electron chi connectivity index (χ2n) is 4.72. The number of hydrogen-bond acceptors (Lipinski definition) is 3. The average Bonchev–Trinajstić information content (AvgIpc) is 2.32. The molecule has 0 amide bonds. The van der Waals surface area contributed by atoms with Gasteiger partial charge in [-0.25, -0.2) is 8.42 Å². The molecule has 0 aromatic heterocycles. The Morgan fingerprint density at radius 1 is 1.11 bits per heavy atom. The SMILES string of the molecule is CCCCCCCS(=O)(=O)c1cccc(C)c1N. The van der Waals surface area contributed by atoms with Crippen molar-refractivity contribution in [1.82, 2.24) is 0 Å². The molecule has 0 fully saturated rings. The van der Waals surface area contributed by atoms with E-state index in [0.717, 1.165) is 31.2 Å². The fourth-order valence-corrected chi connectivity index (χ4v) is 3.52. The second-order valence-corrected chi connectivity index (χ2v) is 6.80. The van der Waals surface area contributed by atoms with Gasteiger partial charge in [0.25, 0.3) is 0 Å². The van der Waals surface area contributed by atoms with Gasteiger partial charge in [0.15, 0.2) is 9.84 Å². The van der Waals surface area contributed by atoms with Crippen molar-refractivity contribution in [3.8, 4) is 0 Å². The lowest BCUT2D eigenvalue weighted by Gasteiger charge is -2.09. The number of unbranched alkanes of at least 4 members (excludes halogenated alkanes) is 4. The number of nitrogens with two attached hydrogens (primary N) is 1. The molecule has 0 atom stereocenters. The van der Waals surface area contributed by atoms with Gasteiger partial charge in [-0.2, -0.15) is 0 Å². The van der Waals surface area contributed by atoms with E-state index in [1.54, 1.807) is 12.1 Å². The fraction of sp³-hybridized carbons (Fsp3) is 0.571. The minimum Gasteiger partial charge on any atom is -0.397 e. The molecule has 3 nitrogen and oxygen atoms in total. The first-order valence-corrected chi connectivity index (χ1v) is 8.22. The van der Waals surface area contributed by atoms with Crippen molar-refractivity contribution in [2.24, 2.45) is 0 Å². The number of anilines is 1. The minimum atomic E-state index is -3.23. The lowest BCUT2D eigenvalue weighted by Crippen LogP contribution is -2.10. The first-order chi connectivity index (χ1) is 8.49. The summed E-state index contributed by atoms with van der Waals surface area (Å²) in [6.45, 7) is 3.97. The molecular weight excluding hydrogens is 246 g/mol. The zero-order valence-electron chi connectivity index (χ0n) is 11.3. The van der Waals surface area contributed by atoms with Gasteiger partial charge in [0.2, 0.25) is 0 Å². The highest BCUT2D eigenvalue weighted by atomic mass is 32.2. The van der Waals surface area contributed by atoms with E-state index in [1.165, 1.54) is 6.42 Å². The molecule has 18 heavy (non-hydrogen) atoms. The topological polar surface area (TPSA) is 60.2 Å². The molecule has 0 aliphatic heterocycles. The number of benzene rings is 1. The van der Waals surface area contributed by atoms with E-state index in [1.807, 2.05) is 13.0 Å². The maximum atomic E-state index is 12.2. The monoisotopic (exact) mass is 269 g/mol. The minimum absolute atomic E-state index is 0.199. The summed E-state index contributed by atoms with van der Waals surface area (Å²) in [6, 6.07) is 5.18. The molecule has 0 saturated heterocycles. The molecule has 0 unspecified atom stereocenters. The Labute approximate surface area is 110 Å². The standard InChI is InChI=1S/C14H23NO2S/c1-3-4-5-6-7-11-18(16,17)13-10-8-9-12(2)14(13)15/h8-10H,3-7,11,15H2,1-2H3. The number of aryl methyl sites for hydroxylation is 1. The predicted octanol–water partition coefficient (Wildman–Crippen LogP) is 3.32. The van der Waals surface area contributed by atoms with Crippen LogP contribution >= 0.6 is 0 Å². The number of nitrogen functional groups attached to an aromatic ring is 1. The zero-order valence-corrected chi connectivity index (χ0v) is 12.1. The molecule has 102 valence electrons. The third-order valence-corrected chi connectivity index (χ3v) is 4.99. The van der Waals surface area contributed by atoms with E-state index in [4.69, 9.17) is 5.73 Å². The lowest BCUT2D eigenvalue weighted by atomic mass is 10.2. The Hall–Kier alpha value is -1.03. The van der Waals surface area contributed by atoms with Crippen LogP contribution in [0.5, 0.6) is 0 Å². The highest BCUT2D eigenvalue weighted by molar-refractivity contribution is 7.91. The molecule has 0 aliphatic rings. The fourth-order valence-electron chi connectivity index (χ4n) is 1.93. The molecule has 4 heteroatoms. The van der Waals surface area contributed by atoms with Gasteiger partial charge in [0.1, 0.15) is 0 Å². The van der Waals surface area contributed by atoms with E-state index >= 15 is 0 Å². The third-order valence-electron chi connectivity index (χ3n) is 3.14. The van der Waals surface area contributed by atoms with Crippen LogP contribution in [0.3, 0.4) is 0 Å². The van der Waals surface area contributed by atoms with E-state index in [2.05, 4.69) is 6.92 Å². The predicted molar refractivity (Wildman–Crippen MR) is 76.4 cm³/mol. The van der Waals surface area contributed by atoms with Gasteiger partial charge in [-0.15, -0.1) is 0 Å². The zero-order chi connectivity index (χ0) is 13.6. The van der Waals surface area contributed by atoms with Gasteiger partial charge in [0, 0.05) is 0 Å². The summed E-state index contributed by atoms with van der Waals surface area (Å²) in [6.07, 6.45) is 5.13. The van der Waals surface area contributed by atoms with Crippen LogP contribution in [-0.4, -0.2) is 14.2 Å². The molecule has 0 saturated carbocycles. The largest absolute Gasteiger partial charge is 0.397 e. The highest BCUT2D eigenvalue weighted by Crippen LogP contribution is 2.23. The Balaban J connectivity index is 2.66. The molecule has 1 aromatic rings. The quantitative estimate of drug-likeness (QED) is 0.610. The smallest absolute Gasteiger partial charge is 0.180 e. The van der Waals surface area contributed by atoms with E-state index < -0.39 is 9.84 Å². The third kappa shape index (κ3) is 4.02. The summed E-state index contributed by atoms with van der Waals surface area (Å²) in [4.78, 5) is 0.290. The van der Waals surface area contributed by atoms with Gasteiger partial charge in [-0.05, 0) is 25.0 Å². The summed E-state index contributed by atoms with van der Waals surface area (Å²) in [5.41, 5.74) is 7.06. The van der Waals surface area contributed by atoms with Crippen LogP contribution in [0.1, 0.15) is 44.6 Å². The normalized spacial score (nSPS) is 11.7. The first kappa shape index (κ1) is 15.0. The van der Waals surface area contributed by atoms with Crippen molar-refractivity contribution in [1.29, 1.82) is 0 Å². The van der Waals surface area contributed by atoms with Crippen molar-refractivity contribution in [3.63, 3.8) is 0 Å². The van der Waals surface area contributed by atoms with E-state index in [0.29, 0.717) is 5.69 Å². The lowest BCUT2D eigenvalue weighted by molar-refractivity contribution is 0.587. The maximum Gasteiger partial charge on any atom is 0.180 e. The summed E-state index contributed by atoms with van der Waals surface area (Å²) in [5, 5.41) is 0. The van der Waals surface area contributed by atoms with Crippen molar-refractivity contribution >= 4 is 15.5 Å². The molecule has 0 spiro atoms. The summed E-state index contributed by atoms with van der Waals surface area (Å²) >= 11 is 0. The molecule has 2 N–H and O–H groups in total. The van der Waals surface area contributed by atoms with E-state index in [9.17, 15) is 8.42 Å². The van der Waals surface area contributed by atoms with Crippen LogP contribution in [0.4, 0.5) is 5.69 Å². The number of rotatable bonds is 7. The number of hydrogen-bond donors (Lipinski definition) is 1. The van der Waals surface area contributed by atoms with Crippen molar-refractivity contribution in [2.75, 3.05) is 11.5 Å². The van der Waals surface area contributed by atoms with Gasteiger partial charge in [-0.3, -0.25) is 0 Å². The van der Waals surface area contributed by atoms with Gasteiger partial charge < -0.3 is 5.73 Å². The van der Waals surface area contributed by atoms with Crippen molar-refractivity contribution < 1.29 is 8.42 Å². The Morgan fingerprint density at radius 2 is 1.78 bits per heavy atom. The summed E-state index contributed by atoms with van der Waals surface area (Å²) < 4.78 is 24.3. The molecule has 0 radical (unpaired) electrons. The number of sulfone groups is 1. The van der Waals surface area contributed by atoms with E-state index in [-0.39, 0.29) is 10.6 Å². The first-order valence-electron chi connectivity index (χ1n) is 6.57. The van der Waals surface area contributed by atoms with Gasteiger partial charge >= 0.3 is 0 Å². The Kier molecular flexibility index (Phi) is 5.66. The summed E-state index contributed by atoms with van der Waals surface area (Å²) in [5.74, 6) is 0.199. The molecule has 1 rings (SSSR count). The number of para-hydroxylation sites is 1. The van der Waals surface area contributed by atoms with Crippen LogP contribution in [0.25, 0.3) is 0 Å². The Morgan fingerprint density at radius 3 is 2.44 bits per heavy atom. The molecular formula is C14H23NO2S. The Bertz CT molecular complexity index is 481. The average molecular weight is 269 g/mol. The van der Waals surface area contributed by atoms with Gasteiger partial charge in [-0.1, -0.05) is 44.7 Å². The molecule has 0 bridgehead atoms. The van der Waals surface area contributed by atoms with Crippen LogP contribution in [-0.2, 0) is 9.84 Å². The molecule has 1 aromatic carbocycles. The second kappa shape index (κ2) is 6.78. The molecule has 0 aliphatic carbocycles.